The van der Waals surface area contributed by atoms with Crippen LogP contribution in [-0.4, -0.2) is 44.8 Å². The minimum Gasteiger partial charge on any atom is -0.369 e. The fraction of sp³-hybridized carbons (Fsp3) is 0.304. The molecular weight excluding hydrogens is 408 g/mol. The molecule has 1 aliphatic heterocycles. The quantitative estimate of drug-likeness (QED) is 0.485. The van der Waals surface area contributed by atoms with Gasteiger partial charge in [-0.15, -0.1) is 10.2 Å². The van der Waals surface area contributed by atoms with E-state index < -0.39 is 0 Å². The number of hydrogen-bond donors (Lipinski definition) is 1. The lowest BCUT2D eigenvalue weighted by Crippen LogP contribution is -2.38. The van der Waals surface area contributed by atoms with E-state index in [1.165, 1.54) is 10.9 Å². The molecule has 5 rings (SSSR count). The number of ether oxygens (including phenoxy) is 1. The highest BCUT2D eigenvalue weighted by molar-refractivity contribution is 7.15. The molecule has 0 aliphatic carbocycles. The highest BCUT2D eigenvalue weighted by Crippen LogP contribution is 2.26. The van der Waals surface area contributed by atoms with Crippen molar-refractivity contribution in [1.29, 1.82) is 0 Å². The summed E-state index contributed by atoms with van der Waals surface area (Å²) in [5.74, 6) is 0.761. The monoisotopic (exact) mass is 432 g/mol. The molecule has 158 valence electrons. The summed E-state index contributed by atoms with van der Waals surface area (Å²) in [4.78, 5) is 11.7. The molecule has 1 aliphatic rings. The maximum Gasteiger partial charge on any atom is 0.211 e. The Balaban J connectivity index is 1.30. The Morgan fingerprint density at radius 1 is 1.13 bits per heavy atom. The largest absolute Gasteiger partial charge is 0.369 e. The van der Waals surface area contributed by atoms with Gasteiger partial charge in [0.15, 0.2) is 0 Å². The molecule has 3 aromatic heterocycles. The number of hydrogen-bond acceptors (Lipinski definition) is 8. The van der Waals surface area contributed by atoms with Crippen molar-refractivity contribution in [3.05, 3.63) is 71.0 Å². The number of aryl methyl sites for hydroxylation is 1. The first kappa shape index (κ1) is 20.0. The van der Waals surface area contributed by atoms with E-state index in [0.29, 0.717) is 6.61 Å². The van der Waals surface area contributed by atoms with Gasteiger partial charge in [-0.1, -0.05) is 42.5 Å². The number of fused-ring (bicyclic) bond motifs is 1. The molecule has 7 nitrogen and oxygen atoms in total. The molecule has 0 spiro atoms. The Hall–Kier alpha value is -2.94. The highest BCUT2D eigenvalue weighted by atomic mass is 32.1. The number of benzene rings is 1. The summed E-state index contributed by atoms with van der Waals surface area (Å²) in [7, 11) is 0. The third-order valence-corrected chi connectivity index (χ3v) is 6.37. The number of anilines is 2. The van der Waals surface area contributed by atoms with Crippen molar-refractivity contribution in [2.24, 2.45) is 0 Å². The molecule has 1 atom stereocenters. The zero-order valence-corrected chi connectivity index (χ0v) is 18.2. The second-order valence-corrected chi connectivity index (χ2v) is 8.57. The van der Waals surface area contributed by atoms with E-state index in [0.717, 1.165) is 53.2 Å². The second-order valence-electron chi connectivity index (χ2n) is 7.51. The van der Waals surface area contributed by atoms with Gasteiger partial charge in [0.2, 0.25) is 5.13 Å². The summed E-state index contributed by atoms with van der Waals surface area (Å²) in [6, 6.07) is 16.4. The molecule has 8 heteroatoms. The van der Waals surface area contributed by atoms with Gasteiger partial charge in [0.05, 0.1) is 17.8 Å². The van der Waals surface area contributed by atoms with E-state index >= 15 is 0 Å². The molecule has 0 unspecified atom stereocenters. The fourth-order valence-electron chi connectivity index (χ4n) is 3.83. The molecule has 31 heavy (non-hydrogen) atoms. The Morgan fingerprint density at radius 2 is 2.06 bits per heavy atom. The first-order valence-electron chi connectivity index (χ1n) is 10.5. The van der Waals surface area contributed by atoms with Gasteiger partial charge >= 0.3 is 0 Å². The van der Waals surface area contributed by atoms with Crippen LogP contribution in [-0.2, 0) is 17.7 Å². The summed E-state index contributed by atoms with van der Waals surface area (Å²) in [5.41, 5.74) is 3.25. The van der Waals surface area contributed by atoms with Gasteiger partial charge in [0.25, 0.3) is 0 Å². The zero-order valence-electron chi connectivity index (χ0n) is 17.4. The highest BCUT2D eigenvalue weighted by Gasteiger charge is 2.24. The van der Waals surface area contributed by atoms with Crippen LogP contribution in [0.5, 0.6) is 0 Å². The summed E-state index contributed by atoms with van der Waals surface area (Å²) in [6.45, 7) is 5.32. The van der Waals surface area contributed by atoms with E-state index in [1.54, 1.807) is 11.3 Å². The Bertz CT molecular complexity index is 1170. The number of pyridine rings is 2. The smallest absolute Gasteiger partial charge is 0.211 e. The summed E-state index contributed by atoms with van der Waals surface area (Å²) >= 11 is 1.55. The van der Waals surface area contributed by atoms with E-state index in [1.807, 2.05) is 30.5 Å². The molecule has 1 aromatic carbocycles. The van der Waals surface area contributed by atoms with Gasteiger partial charge in [-0.2, -0.15) is 0 Å². The van der Waals surface area contributed by atoms with Crippen LogP contribution in [0.25, 0.3) is 10.9 Å². The van der Waals surface area contributed by atoms with E-state index in [4.69, 9.17) is 9.72 Å². The van der Waals surface area contributed by atoms with Crippen molar-refractivity contribution in [2.45, 2.75) is 26.0 Å². The number of aromatic nitrogens is 4. The van der Waals surface area contributed by atoms with Crippen LogP contribution < -0.4 is 5.32 Å². The summed E-state index contributed by atoms with van der Waals surface area (Å²) < 4.78 is 6.08. The van der Waals surface area contributed by atoms with Crippen molar-refractivity contribution in [3.8, 4) is 0 Å². The molecule has 1 N–H and O–H groups in total. The predicted molar refractivity (Wildman–Crippen MR) is 123 cm³/mol. The van der Waals surface area contributed by atoms with E-state index in [-0.39, 0.29) is 6.10 Å². The second kappa shape index (κ2) is 9.05. The first-order chi connectivity index (χ1) is 15.3. The molecule has 0 radical (unpaired) electrons. The number of rotatable bonds is 6. The van der Waals surface area contributed by atoms with Gasteiger partial charge < -0.3 is 10.1 Å². The Labute approximate surface area is 185 Å². The SMILES string of the molecule is CCc1nnc(Nc2cccc([C@@H]3CN(Cc4cccc5ncccc45)CCO3)n2)s1. The Kier molecular flexibility index (Phi) is 5.84. The molecule has 1 saturated heterocycles. The molecule has 0 amide bonds. The zero-order chi connectivity index (χ0) is 21.0. The maximum absolute atomic E-state index is 6.08. The van der Waals surface area contributed by atoms with Crippen molar-refractivity contribution in [1.82, 2.24) is 25.1 Å². The van der Waals surface area contributed by atoms with Crippen molar-refractivity contribution in [2.75, 3.05) is 25.0 Å². The van der Waals surface area contributed by atoms with E-state index in [9.17, 15) is 0 Å². The lowest BCUT2D eigenvalue weighted by molar-refractivity contribution is -0.0348. The first-order valence-corrected chi connectivity index (χ1v) is 11.3. The van der Waals surface area contributed by atoms with Crippen LogP contribution in [0.4, 0.5) is 10.9 Å². The Morgan fingerprint density at radius 3 is 2.97 bits per heavy atom. The standard InChI is InChI=1S/C23H24N6OS/c1-2-22-27-28-23(31-22)26-21-10-4-9-19(25-21)20-15-29(12-13-30-20)14-16-6-3-8-18-17(16)7-5-11-24-18/h3-11,20H,2,12-15H2,1H3,(H,25,26,28)/t20-/m0/s1. The molecule has 0 bridgehead atoms. The average Bonchev–Trinajstić information content (AvgIpc) is 3.27. The molecular formula is C23H24N6OS. The van der Waals surface area contributed by atoms with Gasteiger partial charge in [-0.3, -0.25) is 9.88 Å². The van der Waals surface area contributed by atoms with Crippen LogP contribution in [0.3, 0.4) is 0 Å². The van der Waals surface area contributed by atoms with Gasteiger partial charge in [-0.25, -0.2) is 4.98 Å². The van der Waals surface area contributed by atoms with Crippen LogP contribution in [0.2, 0.25) is 0 Å². The van der Waals surface area contributed by atoms with Crippen LogP contribution in [0.15, 0.2) is 54.7 Å². The molecule has 4 aromatic rings. The van der Waals surface area contributed by atoms with Crippen molar-refractivity contribution < 1.29 is 4.74 Å². The molecule has 1 fully saturated rings. The maximum atomic E-state index is 6.08. The van der Waals surface area contributed by atoms with E-state index in [2.05, 4.69) is 56.6 Å². The van der Waals surface area contributed by atoms with Crippen LogP contribution >= 0.6 is 11.3 Å². The number of nitrogens with zero attached hydrogens (tertiary/aromatic N) is 5. The van der Waals surface area contributed by atoms with Gasteiger partial charge in [0, 0.05) is 31.2 Å². The summed E-state index contributed by atoms with van der Waals surface area (Å²) in [6.07, 6.45) is 2.66. The van der Waals surface area contributed by atoms with Gasteiger partial charge in [-0.05, 0) is 36.2 Å². The third-order valence-electron chi connectivity index (χ3n) is 5.39. The number of morpholine rings is 1. The molecule has 4 heterocycles. The lowest BCUT2D eigenvalue weighted by Gasteiger charge is -2.33. The fourth-order valence-corrected chi connectivity index (χ4v) is 4.51. The number of nitrogens with one attached hydrogen (secondary N) is 1. The minimum absolute atomic E-state index is 0.0655. The van der Waals surface area contributed by atoms with Gasteiger partial charge in [0.1, 0.15) is 16.9 Å². The predicted octanol–water partition coefficient (Wildman–Crippen LogP) is 4.36. The normalized spacial score (nSPS) is 17.1. The van der Waals surface area contributed by atoms with Crippen molar-refractivity contribution in [3.63, 3.8) is 0 Å². The topological polar surface area (TPSA) is 76.1 Å². The average molecular weight is 433 g/mol. The van der Waals surface area contributed by atoms with Crippen molar-refractivity contribution >= 4 is 33.2 Å². The van der Waals surface area contributed by atoms with Crippen LogP contribution in [0.1, 0.15) is 29.3 Å². The lowest BCUT2D eigenvalue weighted by atomic mass is 10.1. The molecule has 0 saturated carbocycles. The minimum atomic E-state index is -0.0655. The third kappa shape index (κ3) is 4.56. The summed E-state index contributed by atoms with van der Waals surface area (Å²) in [5, 5.41) is 14.6. The van der Waals surface area contributed by atoms with Crippen LogP contribution in [0, 0.1) is 0 Å².